The SMILES string of the molecule is c1ccc(-c2ccc(-c3ccc(N(c4ccccc4)c4cc(-c5ccc6c7ccccc7n(-c7ccccc7)c6c5)c5oc6ccc7ccccc7c6c5c4)cc3)cc2)cc1. The minimum atomic E-state index is 0.874. The zero-order valence-electron chi connectivity index (χ0n) is 33.2. The van der Waals surface area contributed by atoms with Crippen molar-refractivity contribution in [1.82, 2.24) is 4.57 Å². The Kier molecular flexibility index (Phi) is 8.17. The zero-order chi connectivity index (χ0) is 40.3. The number of furan rings is 1. The molecule has 286 valence electrons. The van der Waals surface area contributed by atoms with Gasteiger partial charge < -0.3 is 13.9 Å². The molecule has 0 aliphatic rings. The Bertz CT molecular complexity index is 3550. The average molecular weight is 779 g/mol. The normalized spacial score (nSPS) is 11.6. The Morgan fingerprint density at radius 1 is 0.344 bits per heavy atom. The van der Waals surface area contributed by atoms with Crippen LogP contribution in [-0.4, -0.2) is 4.57 Å². The second-order valence-electron chi connectivity index (χ2n) is 15.7. The van der Waals surface area contributed by atoms with Crippen molar-refractivity contribution in [3.8, 4) is 39.1 Å². The molecule has 3 heteroatoms. The number of benzene rings is 10. The van der Waals surface area contributed by atoms with Crippen molar-refractivity contribution in [2.45, 2.75) is 0 Å². The molecule has 0 bridgehead atoms. The third-order valence-corrected chi connectivity index (χ3v) is 12.2. The van der Waals surface area contributed by atoms with Crippen LogP contribution >= 0.6 is 0 Å². The van der Waals surface area contributed by atoms with Gasteiger partial charge in [0.15, 0.2) is 0 Å². The van der Waals surface area contributed by atoms with E-state index < -0.39 is 0 Å². The summed E-state index contributed by atoms with van der Waals surface area (Å²) < 4.78 is 9.34. The number of rotatable bonds is 7. The molecule has 12 rings (SSSR count). The molecule has 0 unspecified atom stereocenters. The Balaban J connectivity index is 1.07. The van der Waals surface area contributed by atoms with E-state index in [9.17, 15) is 0 Å². The molecule has 3 nitrogen and oxygen atoms in total. The summed E-state index contributed by atoms with van der Waals surface area (Å²) in [4.78, 5) is 2.37. The fraction of sp³-hybridized carbons (Fsp3) is 0. The number of fused-ring (bicyclic) bond motifs is 8. The quantitative estimate of drug-likeness (QED) is 0.161. The standard InChI is InChI=1S/C58H38N2O/c1-4-14-39(15-5-1)40-24-26-41(27-25-40)42-28-32-47(33-29-42)59(45-17-6-2-7-18-45)48-37-52(58-53(38-48)57-49-21-11-10-16-43(49)31-35-56(57)61-58)44-30-34-51-50-22-12-13-23-54(50)60(55(51)36-44)46-19-8-3-9-20-46/h1-38H. The van der Waals surface area contributed by atoms with Gasteiger partial charge in [-0.25, -0.2) is 0 Å². The number of anilines is 3. The molecule has 0 saturated heterocycles. The van der Waals surface area contributed by atoms with Gasteiger partial charge in [-0.05, 0) is 105 Å². The van der Waals surface area contributed by atoms with E-state index in [-0.39, 0.29) is 0 Å². The van der Waals surface area contributed by atoms with Crippen molar-refractivity contribution in [1.29, 1.82) is 0 Å². The summed E-state index contributed by atoms with van der Waals surface area (Å²) in [5.74, 6) is 0. The highest BCUT2D eigenvalue weighted by atomic mass is 16.3. The van der Waals surface area contributed by atoms with Crippen LogP contribution in [0.3, 0.4) is 0 Å². The molecule has 0 N–H and O–H groups in total. The van der Waals surface area contributed by atoms with Gasteiger partial charge in [0.1, 0.15) is 11.2 Å². The first kappa shape index (κ1) is 34.9. The fourth-order valence-electron chi connectivity index (χ4n) is 9.28. The lowest BCUT2D eigenvalue weighted by Gasteiger charge is -2.26. The van der Waals surface area contributed by atoms with Crippen LogP contribution in [0.1, 0.15) is 0 Å². The van der Waals surface area contributed by atoms with Crippen molar-refractivity contribution in [2.75, 3.05) is 4.90 Å². The molecule has 61 heavy (non-hydrogen) atoms. The zero-order valence-corrected chi connectivity index (χ0v) is 33.2. The van der Waals surface area contributed by atoms with Gasteiger partial charge in [0.2, 0.25) is 0 Å². The maximum atomic E-state index is 6.95. The monoisotopic (exact) mass is 778 g/mol. The molecule has 0 aliphatic carbocycles. The predicted octanol–water partition coefficient (Wildman–Crippen LogP) is 16.3. The van der Waals surface area contributed by atoms with Crippen molar-refractivity contribution in [3.05, 3.63) is 231 Å². The van der Waals surface area contributed by atoms with Gasteiger partial charge in [-0.2, -0.15) is 0 Å². The highest BCUT2D eigenvalue weighted by molar-refractivity contribution is 6.22. The number of nitrogens with zero attached hydrogens (tertiary/aromatic N) is 2. The molecule has 0 spiro atoms. The molecule has 0 fully saturated rings. The van der Waals surface area contributed by atoms with Crippen LogP contribution in [-0.2, 0) is 0 Å². The summed E-state index contributed by atoms with van der Waals surface area (Å²) in [6.07, 6.45) is 0. The van der Waals surface area contributed by atoms with Crippen LogP contribution in [0.25, 0.3) is 93.6 Å². The molecule has 0 saturated carbocycles. The second kappa shape index (κ2) is 14.3. The van der Waals surface area contributed by atoms with Gasteiger partial charge >= 0.3 is 0 Å². The molecule has 2 aromatic heterocycles. The van der Waals surface area contributed by atoms with E-state index in [1.54, 1.807) is 0 Å². The van der Waals surface area contributed by atoms with Crippen molar-refractivity contribution in [3.63, 3.8) is 0 Å². The van der Waals surface area contributed by atoms with Gasteiger partial charge in [0.05, 0.1) is 11.0 Å². The lowest BCUT2D eigenvalue weighted by molar-refractivity contribution is 0.670. The maximum Gasteiger partial charge on any atom is 0.143 e. The Morgan fingerprint density at radius 3 is 1.64 bits per heavy atom. The summed E-state index contributed by atoms with van der Waals surface area (Å²) in [6, 6.07) is 82.8. The lowest BCUT2D eigenvalue weighted by atomic mass is 9.97. The molecule has 12 aromatic rings. The first-order valence-corrected chi connectivity index (χ1v) is 20.8. The Hall–Kier alpha value is -8.14. The molecule has 0 radical (unpaired) electrons. The van der Waals surface area contributed by atoms with E-state index in [4.69, 9.17) is 4.42 Å². The third-order valence-electron chi connectivity index (χ3n) is 12.2. The maximum absolute atomic E-state index is 6.95. The summed E-state index contributed by atoms with van der Waals surface area (Å²) in [5, 5.41) is 7.01. The first-order valence-electron chi connectivity index (χ1n) is 20.8. The van der Waals surface area contributed by atoms with Crippen molar-refractivity contribution in [2.24, 2.45) is 0 Å². The molecule has 10 aromatic carbocycles. The average Bonchev–Trinajstić information content (AvgIpc) is 3.88. The van der Waals surface area contributed by atoms with E-state index in [2.05, 4.69) is 240 Å². The number of para-hydroxylation sites is 3. The molecular formula is C58H38N2O. The van der Waals surface area contributed by atoms with Crippen LogP contribution in [0.15, 0.2) is 235 Å². The summed E-state index contributed by atoms with van der Waals surface area (Å²) in [7, 11) is 0. The third kappa shape index (κ3) is 5.90. The van der Waals surface area contributed by atoms with Gasteiger partial charge in [-0.1, -0.05) is 164 Å². The van der Waals surface area contributed by atoms with E-state index in [0.717, 1.165) is 61.3 Å². The Morgan fingerprint density at radius 2 is 0.902 bits per heavy atom. The highest BCUT2D eigenvalue weighted by Gasteiger charge is 2.22. The van der Waals surface area contributed by atoms with E-state index in [1.807, 2.05) is 0 Å². The van der Waals surface area contributed by atoms with E-state index in [0.29, 0.717) is 0 Å². The first-order chi connectivity index (χ1) is 30.2. The largest absolute Gasteiger partial charge is 0.455 e. The topological polar surface area (TPSA) is 21.3 Å². The molecule has 0 aliphatic heterocycles. The van der Waals surface area contributed by atoms with Gasteiger partial charge in [0, 0.05) is 49.9 Å². The molecular weight excluding hydrogens is 741 g/mol. The van der Waals surface area contributed by atoms with Crippen LogP contribution in [0.5, 0.6) is 0 Å². The minimum absolute atomic E-state index is 0.874. The van der Waals surface area contributed by atoms with E-state index >= 15 is 0 Å². The van der Waals surface area contributed by atoms with Gasteiger partial charge in [0.25, 0.3) is 0 Å². The smallest absolute Gasteiger partial charge is 0.143 e. The van der Waals surface area contributed by atoms with Crippen LogP contribution in [0.2, 0.25) is 0 Å². The van der Waals surface area contributed by atoms with Gasteiger partial charge in [-0.15, -0.1) is 0 Å². The predicted molar refractivity (Wildman–Crippen MR) is 257 cm³/mol. The van der Waals surface area contributed by atoms with E-state index in [1.165, 1.54) is 49.3 Å². The number of hydrogen-bond acceptors (Lipinski definition) is 2. The second-order valence-corrected chi connectivity index (χ2v) is 15.7. The van der Waals surface area contributed by atoms with Crippen molar-refractivity contribution < 1.29 is 4.42 Å². The molecule has 2 heterocycles. The molecule has 0 amide bonds. The Labute approximate surface area is 353 Å². The lowest BCUT2D eigenvalue weighted by Crippen LogP contribution is -2.10. The minimum Gasteiger partial charge on any atom is -0.455 e. The van der Waals surface area contributed by atoms with Crippen LogP contribution < -0.4 is 4.90 Å². The van der Waals surface area contributed by atoms with Crippen LogP contribution in [0, 0.1) is 0 Å². The summed E-state index contributed by atoms with van der Waals surface area (Å²) in [5.41, 5.74) is 15.3. The molecule has 0 atom stereocenters. The summed E-state index contributed by atoms with van der Waals surface area (Å²) in [6.45, 7) is 0. The summed E-state index contributed by atoms with van der Waals surface area (Å²) >= 11 is 0. The number of hydrogen-bond donors (Lipinski definition) is 0. The number of aromatic nitrogens is 1. The fourth-order valence-corrected chi connectivity index (χ4v) is 9.28. The van der Waals surface area contributed by atoms with Crippen LogP contribution in [0.4, 0.5) is 17.1 Å². The van der Waals surface area contributed by atoms with Gasteiger partial charge in [-0.3, -0.25) is 0 Å². The van der Waals surface area contributed by atoms with Crippen molar-refractivity contribution >= 4 is 71.6 Å². The highest BCUT2D eigenvalue weighted by Crippen LogP contribution is 2.46.